The molecule has 1 aliphatic rings. The first-order valence-electron chi connectivity index (χ1n) is 6.11. The summed E-state index contributed by atoms with van der Waals surface area (Å²) in [5.74, 6) is -2.66. The molecule has 0 radical (unpaired) electrons. The Morgan fingerprint density at radius 3 is 2.58 bits per heavy atom. The van der Waals surface area contributed by atoms with Gasteiger partial charge in [0, 0.05) is 19.2 Å². The average molecular weight is 282 g/mol. The zero-order chi connectivity index (χ0) is 14.5. The Bertz CT molecular complexity index is 332. The molecule has 0 aromatic rings. The van der Waals surface area contributed by atoms with Gasteiger partial charge in [-0.05, 0) is 25.7 Å². The number of piperidine rings is 1. The third kappa shape index (κ3) is 4.70. The number of alkyl halides is 3. The number of rotatable bonds is 4. The lowest BCUT2D eigenvalue weighted by Crippen LogP contribution is -2.49. The number of hydrogen-bond acceptors (Lipinski definition) is 3. The Labute approximate surface area is 108 Å². The number of aliphatic hydroxyl groups excluding tert-OH is 1. The maximum atomic E-state index is 12.0. The fraction of sp³-hybridized carbons (Fsp3) is 0.818. The lowest BCUT2D eigenvalue weighted by molar-refractivity contribution is -0.174. The average Bonchev–Trinajstić information content (AvgIpc) is 2.35. The maximum absolute atomic E-state index is 12.0. The van der Waals surface area contributed by atoms with E-state index in [1.165, 1.54) is 4.90 Å². The summed E-state index contributed by atoms with van der Waals surface area (Å²) in [6, 6.07) is -0.158. The zero-order valence-corrected chi connectivity index (χ0v) is 10.4. The molecule has 0 aromatic carbocycles. The minimum atomic E-state index is -4.98. The van der Waals surface area contributed by atoms with E-state index in [1.807, 2.05) is 0 Å². The summed E-state index contributed by atoms with van der Waals surface area (Å²) < 4.78 is 35.9. The molecule has 0 bridgehead atoms. The number of carbonyl (C=O) groups excluding carboxylic acids is 2. The summed E-state index contributed by atoms with van der Waals surface area (Å²) in [4.78, 5) is 23.8. The second-order valence-electron chi connectivity index (χ2n) is 4.43. The smallest absolute Gasteiger partial charge is 0.396 e. The molecule has 0 saturated carbocycles. The van der Waals surface area contributed by atoms with Gasteiger partial charge in [-0.3, -0.25) is 9.59 Å². The number of nitrogens with one attached hydrogen (secondary N) is 1. The number of carbonyl (C=O) groups is 2. The number of likely N-dealkylation sites (tertiary alicyclic amines) is 1. The van der Waals surface area contributed by atoms with Gasteiger partial charge < -0.3 is 15.3 Å². The monoisotopic (exact) mass is 282 g/mol. The molecule has 1 fully saturated rings. The summed E-state index contributed by atoms with van der Waals surface area (Å²) in [7, 11) is 0. The number of hydrogen-bond donors (Lipinski definition) is 2. The highest BCUT2D eigenvalue weighted by atomic mass is 19.4. The van der Waals surface area contributed by atoms with E-state index in [-0.39, 0.29) is 12.6 Å². The van der Waals surface area contributed by atoms with E-state index >= 15 is 0 Å². The molecular formula is C11H17F3N2O3. The van der Waals surface area contributed by atoms with Gasteiger partial charge >= 0.3 is 12.1 Å². The molecule has 1 heterocycles. The minimum absolute atomic E-state index is 0.0800. The lowest BCUT2D eigenvalue weighted by atomic mass is 9.99. The Morgan fingerprint density at radius 2 is 2.00 bits per heavy atom. The van der Waals surface area contributed by atoms with Crippen LogP contribution in [-0.4, -0.2) is 53.7 Å². The van der Waals surface area contributed by atoms with Gasteiger partial charge in [-0.2, -0.15) is 13.2 Å². The summed E-state index contributed by atoms with van der Waals surface area (Å²) in [5.41, 5.74) is 0. The largest absolute Gasteiger partial charge is 0.471 e. The standard InChI is InChI=1S/C11H17F3N2O3/c12-11(13,14)10(19)15-7-9(18)16-5-2-1-3-8(16)4-6-17/h8,17H,1-7H2,(H,15,19). The van der Waals surface area contributed by atoms with Crippen molar-refractivity contribution in [2.24, 2.45) is 0 Å². The van der Waals surface area contributed by atoms with Crippen LogP contribution in [0.15, 0.2) is 0 Å². The van der Waals surface area contributed by atoms with Gasteiger partial charge in [-0.1, -0.05) is 0 Å². The quantitative estimate of drug-likeness (QED) is 0.785. The molecule has 19 heavy (non-hydrogen) atoms. The number of aliphatic hydroxyl groups is 1. The van der Waals surface area contributed by atoms with Crippen LogP contribution in [0.1, 0.15) is 25.7 Å². The van der Waals surface area contributed by atoms with E-state index < -0.39 is 24.5 Å². The SMILES string of the molecule is O=C(CNC(=O)C(F)(F)F)N1CCCCC1CCO. The van der Waals surface area contributed by atoms with E-state index in [2.05, 4.69) is 0 Å². The molecule has 2 N–H and O–H groups in total. The second-order valence-corrected chi connectivity index (χ2v) is 4.43. The van der Waals surface area contributed by atoms with Crippen LogP contribution in [0.2, 0.25) is 0 Å². The summed E-state index contributed by atoms with van der Waals surface area (Å²) in [5, 5.41) is 10.5. The molecule has 0 aliphatic carbocycles. The highest BCUT2D eigenvalue weighted by molar-refractivity contribution is 5.87. The van der Waals surface area contributed by atoms with Gasteiger partial charge in [0.1, 0.15) is 0 Å². The van der Waals surface area contributed by atoms with Gasteiger partial charge in [0.05, 0.1) is 6.54 Å². The summed E-state index contributed by atoms with van der Waals surface area (Å²) >= 11 is 0. The maximum Gasteiger partial charge on any atom is 0.471 e. The first-order chi connectivity index (χ1) is 8.86. The molecule has 0 aromatic heterocycles. The van der Waals surface area contributed by atoms with Crippen LogP contribution in [0.4, 0.5) is 13.2 Å². The first kappa shape index (κ1) is 15.7. The molecule has 1 saturated heterocycles. The molecule has 1 aliphatic heterocycles. The molecule has 0 spiro atoms. The fourth-order valence-corrected chi connectivity index (χ4v) is 2.14. The van der Waals surface area contributed by atoms with E-state index in [9.17, 15) is 22.8 Å². The van der Waals surface area contributed by atoms with Crippen molar-refractivity contribution in [2.75, 3.05) is 19.7 Å². The lowest BCUT2D eigenvalue weighted by Gasteiger charge is -2.35. The van der Waals surface area contributed by atoms with E-state index in [1.54, 1.807) is 5.32 Å². The van der Waals surface area contributed by atoms with Gasteiger partial charge in [-0.25, -0.2) is 0 Å². The first-order valence-corrected chi connectivity index (χ1v) is 6.11. The predicted molar refractivity (Wildman–Crippen MR) is 60.1 cm³/mol. The van der Waals surface area contributed by atoms with Crippen molar-refractivity contribution in [1.29, 1.82) is 0 Å². The zero-order valence-electron chi connectivity index (χ0n) is 10.4. The second kappa shape index (κ2) is 6.74. The van der Waals surface area contributed by atoms with Gasteiger partial charge in [0.2, 0.25) is 5.91 Å². The Morgan fingerprint density at radius 1 is 1.32 bits per heavy atom. The third-order valence-electron chi connectivity index (χ3n) is 3.07. The minimum Gasteiger partial charge on any atom is -0.396 e. The molecule has 1 unspecified atom stereocenters. The molecule has 2 amide bonds. The number of nitrogens with zero attached hydrogens (tertiary/aromatic N) is 1. The van der Waals surface area contributed by atoms with Crippen molar-refractivity contribution >= 4 is 11.8 Å². The van der Waals surface area contributed by atoms with Crippen molar-refractivity contribution in [3.63, 3.8) is 0 Å². The molecule has 8 heteroatoms. The van der Waals surface area contributed by atoms with Gasteiger partial charge in [0.25, 0.3) is 0 Å². The van der Waals surface area contributed by atoms with Crippen molar-refractivity contribution in [1.82, 2.24) is 10.2 Å². The summed E-state index contributed by atoms with van der Waals surface area (Å²) in [6.45, 7) is -0.297. The van der Waals surface area contributed by atoms with Crippen LogP contribution in [0, 0.1) is 0 Å². The van der Waals surface area contributed by atoms with Crippen molar-refractivity contribution in [3.05, 3.63) is 0 Å². The van der Waals surface area contributed by atoms with E-state index in [0.717, 1.165) is 19.3 Å². The molecule has 110 valence electrons. The number of amides is 2. The normalized spacial score (nSPS) is 20.2. The van der Waals surface area contributed by atoms with Crippen LogP contribution in [0.25, 0.3) is 0 Å². The van der Waals surface area contributed by atoms with Crippen molar-refractivity contribution < 1.29 is 27.9 Å². The summed E-state index contributed by atoms with van der Waals surface area (Å²) in [6.07, 6.45) is -2.16. The predicted octanol–water partition coefficient (Wildman–Crippen LogP) is 0.428. The molecule has 1 rings (SSSR count). The topological polar surface area (TPSA) is 69.6 Å². The van der Waals surface area contributed by atoms with E-state index in [0.29, 0.717) is 13.0 Å². The number of halogens is 3. The van der Waals surface area contributed by atoms with Crippen LogP contribution < -0.4 is 5.32 Å². The molecule has 5 nitrogen and oxygen atoms in total. The van der Waals surface area contributed by atoms with Crippen LogP contribution in [0.5, 0.6) is 0 Å². The highest BCUT2D eigenvalue weighted by Gasteiger charge is 2.39. The van der Waals surface area contributed by atoms with Crippen LogP contribution >= 0.6 is 0 Å². The Hall–Kier alpha value is -1.31. The fourth-order valence-electron chi connectivity index (χ4n) is 2.14. The van der Waals surface area contributed by atoms with Crippen molar-refractivity contribution in [2.45, 2.75) is 37.9 Å². The van der Waals surface area contributed by atoms with Crippen LogP contribution in [0.3, 0.4) is 0 Å². The molecule has 1 atom stereocenters. The Balaban J connectivity index is 2.49. The van der Waals surface area contributed by atoms with Crippen molar-refractivity contribution in [3.8, 4) is 0 Å². The molecular weight excluding hydrogens is 265 g/mol. The highest BCUT2D eigenvalue weighted by Crippen LogP contribution is 2.19. The third-order valence-corrected chi connectivity index (χ3v) is 3.07. The van der Waals surface area contributed by atoms with Crippen LogP contribution in [-0.2, 0) is 9.59 Å². The Kier molecular flexibility index (Phi) is 5.59. The van der Waals surface area contributed by atoms with Gasteiger partial charge in [0.15, 0.2) is 0 Å². The van der Waals surface area contributed by atoms with Gasteiger partial charge in [-0.15, -0.1) is 0 Å². The van der Waals surface area contributed by atoms with E-state index in [4.69, 9.17) is 5.11 Å².